The van der Waals surface area contributed by atoms with Crippen molar-refractivity contribution in [1.29, 1.82) is 0 Å². The first-order valence-corrected chi connectivity index (χ1v) is 9.76. The standard InChI is InChI=1S/C17H23ClN2O3S/c1-16(2,12-18)15(22)19-7-5-17(6-8-19)20(9-11-24-17)14(21)13-4-3-10-23-13/h3-4,10H,5-9,11-12H2,1-2H3. The van der Waals surface area contributed by atoms with Gasteiger partial charge in [-0.05, 0) is 38.8 Å². The summed E-state index contributed by atoms with van der Waals surface area (Å²) < 4.78 is 5.28. The van der Waals surface area contributed by atoms with Crippen molar-refractivity contribution in [2.24, 2.45) is 5.41 Å². The van der Waals surface area contributed by atoms with E-state index in [2.05, 4.69) is 0 Å². The molecule has 3 rings (SSSR count). The number of piperidine rings is 1. The van der Waals surface area contributed by atoms with Crippen molar-refractivity contribution in [3.8, 4) is 0 Å². The summed E-state index contributed by atoms with van der Waals surface area (Å²) in [6.07, 6.45) is 3.10. The van der Waals surface area contributed by atoms with E-state index in [1.165, 1.54) is 6.26 Å². The van der Waals surface area contributed by atoms with E-state index in [0.717, 1.165) is 25.1 Å². The number of carbonyl (C=O) groups is 2. The van der Waals surface area contributed by atoms with Gasteiger partial charge in [0.05, 0.1) is 16.5 Å². The maximum absolute atomic E-state index is 12.7. The van der Waals surface area contributed by atoms with Gasteiger partial charge in [0.15, 0.2) is 5.76 Å². The Bertz CT molecular complexity index is 609. The number of likely N-dealkylation sites (tertiary alicyclic amines) is 1. The highest BCUT2D eigenvalue weighted by Crippen LogP contribution is 2.45. The molecule has 3 heterocycles. The van der Waals surface area contributed by atoms with Crippen LogP contribution in [0.4, 0.5) is 0 Å². The molecule has 0 atom stereocenters. The van der Waals surface area contributed by atoms with Crippen molar-refractivity contribution in [3.63, 3.8) is 0 Å². The highest BCUT2D eigenvalue weighted by Gasteiger charge is 2.48. The van der Waals surface area contributed by atoms with Gasteiger partial charge in [-0.1, -0.05) is 0 Å². The van der Waals surface area contributed by atoms with Crippen molar-refractivity contribution in [2.75, 3.05) is 31.3 Å². The van der Waals surface area contributed by atoms with E-state index in [-0.39, 0.29) is 16.7 Å². The Balaban J connectivity index is 1.70. The van der Waals surface area contributed by atoms with Crippen LogP contribution in [0.25, 0.3) is 0 Å². The third-order valence-corrected chi connectivity index (χ3v) is 7.12. The van der Waals surface area contributed by atoms with E-state index in [1.54, 1.807) is 12.1 Å². The molecule has 0 aromatic carbocycles. The van der Waals surface area contributed by atoms with Gasteiger partial charge in [-0.2, -0.15) is 0 Å². The van der Waals surface area contributed by atoms with Gasteiger partial charge in [-0.25, -0.2) is 0 Å². The summed E-state index contributed by atoms with van der Waals surface area (Å²) in [7, 11) is 0. The summed E-state index contributed by atoms with van der Waals surface area (Å²) in [5.41, 5.74) is -0.543. The first kappa shape index (κ1) is 17.7. The van der Waals surface area contributed by atoms with Crippen LogP contribution < -0.4 is 0 Å². The second-order valence-electron chi connectivity index (χ2n) is 7.04. The molecule has 1 aromatic rings. The highest BCUT2D eigenvalue weighted by molar-refractivity contribution is 8.00. The number of thioether (sulfide) groups is 1. The fraction of sp³-hybridized carbons (Fsp3) is 0.647. The first-order chi connectivity index (χ1) is 11.4. The fourth-order valence-electron chi connectivity index (χ4n) is 3.39. The third-order valence-electron chi connectivity index (χ3n) is 4.90. The summed E-state index contributed by atoms with van der Waals surface area (Å²) in [6, 6.07) is 3.44. The van der Waals surface area contributed by atoms with Gasteiger partial charge in [-0.3, -0.25) is 9.59 Å². The molecular formula is C17H23ClN2O3S. The molecule has 1 spiro atoms. The zero-order chi connectivity index (χ0) is 17.4. The molecular weight excluding hydrogens is 348 g/mol. The van der Waals surface area contributed by atoms with E-state index in [4.69, 9.17) is 16.0 Å². The van der Waals surface area contributed by atoms with Crippen molar-refractivity contribution in [2.45, 2.75) is 31.6 Å². The number of hydrogen-bond donors (Lipinski definition) is 0. The molecule has 132 valence electrons. The smallest absolute Gasteiger partial charge is 0.290 e. The van der Waals surface area contributed by atoms with Crippen LogP contribution in [0.15, 0.2) is 22.8 Å². The van der Waals surface area contributed by atoms with Gasteiger partial charge in [0.1, 0.15) is 0 Å². The van der Waals surface area contributed by atoms with Gasteiger partial charge >= 0.3 is 0 Å². The number of nitrogens with zero attached hydrogens (tertiary/aromatic N) is 2. The van der Waals surface area contributed by atoms with Crippen LogP contribution in [-0.2, 0) is 4.79 Å². The monoisotopic (exact) mass is 370 g/mol. The van der Waals surface area contributed by atoms with Crippen molar-refractivity contribution < 1.29 is 14.0 Å². The molecule has 2 fully saturated rings. The Morgan fingerprint density at radius 1 is 1.33 bits per heavy atom. The van der Waals surface area contributed by atoms with E-state index in [9.17, 15) is 9.59 Å². The molecule has 0 unspecified atom stereocenters. The number of amides is 2. The lowest BCUT2D eigenvalue weighted by molar-refractivity contribution is -0.140. The van der Waals surface area contributed by atoms with E-state index in [0.29, 0.717) is 24.7 Å². The topological polar surface area (TPSA) is 53.8 Å². The van der Waals surface area contributed by atoms with Crippen molar-refractivity contribution in [3.05, 3.63) is 24.2 Å². The lowest BCUT2D eigenvalue weighted by Gasteiger charge is -2.45. The Hall–Kier alpha value is -1.14. The van der Waals surface area contributed by atoms with Gasteiger partial charge in [0.25, 0.3) is 5.91 Å². The predicted octanol–water partition coefficient (Wildman–Crippen LogP) is 3.05. The quantitative estimate of drug-likeness (QED) is 0.767. The van der Waals surface area contributed by atoms with Gasteiger partial charge in [0.2, 0.25) is 5.91 Å². The zero-order valence-corrected chi connectivity index (χ0v) is 15.7. The average molecular weight is 371 g/mol. The van der Waals surface area contributed by atoms with Gasteiger partial charge in [-0.15, -0.1) is 23.4 Å². The molecule has 2 aliphatic rings. The largest absolute Gasteiger partial charge is 0.459 e. The van der Waals surface area contributed by atoms with Crippen molar-refractivity contribution in [1.82, 2.24) is 9.80 Å². The molecule has 0 aliphatic carbocycles. The zero-order valence-electron chi connectivity index (χ0n) is 14.1. The lowest BCUT2D eigenvalue weighted by Crippen LogP contribution is -2.55. The Morgan fingerprint density at radius 2 is 2.04 bits per heavy atom. The van der Waals surface area contributed by atoms with Gasteiger partial charge in [0, 0.05) is 31.3 Å². The number of furan rings is 1. The maximum Gasteiger partial charge on any atom is 0.290 e. The second-order valence-corrected chi connectivity index (χ2v) is 8.76. The Labute approximate surface area is 151 Å². The van der Waals surface area contributed by atoms with Crippen LogP contribution in [-0.4, -0.2) is 57.8 Å². The third kappa shape index (κ3) is 3.06. The molecule has 0 saturated carbocycles. The number of hydrogen-bond acceptors (Lipinski definition) is 4. The summed E-state index contributed by atoms with van der Waals surface area (Å²) in [6.45, 7) is 5.81. The second kappa shape index (κ2) is 6.64. The van der Waals surface area contributed by atoms with Crippen LogP contribution in [0.5, 0.6) is 0 Å². The normalized spacial score (nSPS) is 20.6. The summed E-state index contributed by atoms with van der Waals surface area (Å²) >= 11 is 7.76. The fourth-order valence-corrected chi connectivity index (χ4v) is 4.96. The molecule has 0 radical (unpaired) electrons. The minimum absolute atomic E-state index is 0.0501. The number of carbonyl (C=O) groups excluding carboxylic acids is 2. The molecule has 1 aromatic heterocycles. The summed E-state index contributed by atoms with van der Waals surface area (Å²) in [5, 5.41) is 0. The van der Waals surface area contributed by atoms with Gasteiger partial charge < -0.3 is 14.2 Å². The number of halogens is 1. The minimum Gasteiger partial charge on any atom is -0.459 e. The molecule has 24 heavy (non-hydrogen) atoms. The molecule has 2 aliphatic heterocycles. The summed E-state index contributed by atoms with van der Waals surface area (Å²) in [4.78, 5) is 28.9. The SMILES string of the molecule is CC(C)(CCl)C(=O)N1CCC2(CC1)SCCN2C(=O)c1ccco1. The Morgan fingerprint density at radius 3 is 2.62 bits per heavy atom. The lowest BCUT2D eigenvalue weighted by atomic mass is 9.92. The highest BCUT2D eigenvalue weighted by atomic mass is 35.5. The maximum atomic E-state index is 12.7. The molecule has 2 saturated heterocycles. The molecule has 0 N–H and O–H groups in total. The minimum atomic E-state index is -0.543. The van der Waals surface area contributed by atoms with Crippen LogP contribution >= 0.6 is 23.4 Å². The van der Waals surface area contributed by atoms with Crippen LogP contribution in [0, 0.1) is 5.41 Å². The van der Waals surface area contributed by atoms with Crippen LogP contribution in [0.1, 0.15) is 37.2 Å². The van der Waals surface area contributed by atoms with Crippen molar-refractivity contribution >= 4 is 35.2 Å². The molecule has 0 bridgehead atoms. The first-order valence-electron chi connectivity index (χ1n) is 8.24. The predicted molar refractivity (Wildman–Crippen MR) is 95.2 cm³/mol. The molecule has 2 amide bonds. The van der Waals surface area contributed by atoms with E-state index >= 15 is 0 Å². The molecule has 5 nitrogen and oxygen atoms in total. The Kier molecular flexibility index (Phi) is 4.89. The van der Waals surface area contributed by atoms with E-state index in [1.807, 2.05) is 35.4 Å². The van der Waals surface area contributed by atoms with Crippen LogP contribution in [0.2, 0.25) is 0 Å². The molecule has 7 heteroatoms. The average Bonchev–Trinajstić information content (AvgIpc) is 3.25. The summed E-state index contributed by atoms with van der Waals surface area (Å²) in [5.74, 6) is 1.67. The number of rotatable bonds is 3. The number of alkyl halides is 1. The van der Waals surface area contributed by atoms with Crippen LogP contribution in [0.3, 0.4) is 0 Å². The van der Waals surface area contributed by atoms with E-state index < -0.39 is 5.41 Å².